The van der Waals surface area contributed by atoms with E-state index in [9.17, 15) is 0 Å². The fourth-order valence-corrected chi connectivity index (χ4v) is 12.3. The molecule has 4 unspecified atom stereocenters. The average Bonchev–Trinajstić information content (AvgIpc) is 3.17. The van der Waals surface area contributed by atoms with Gasteiger partial charge in [-0.15, -0.1) is 9.24 Å². The fourth-order valence-electron chi connectivity index (χ4n) is 7.84. The molecule has 0 amide bonds. The van der Waals surface area contributed by atoms with Crippen molar-refractivity contribution in [3.63, 3.8) is 0 Å². The van der Waals surface area contributed by atoms with Crippen LogP contribution in [0.1, 0.15) is 109 Å². The molecule has 0 radical (unpaired) electrons. The van der Waals surface area contributed by atoms with E-state index in [1.165, 1.54) is 44.9 Å². The largest absolute Gasteiger partial charge is 0.316 e. The molecule has 3 rings (SSSR count). The van der Waals surface area contributed by atoms with Gasteiger partial charge in [-0.2, -0.15) is 0 Å². The van der Waals surface area contributed by atoms with Crippen molar-refractivity contribution in [3.05, 3.63) is 22.8 Å². The predicted molar refractivity (Wildman–Crippen MR) is 172 cm³/mol. The minimum Gasteiger partial charge on any atom is -0.316 e. The third-order valence-corrected chi connectivity index (χ3v) is 14.5. The molecular weight excluding hydrogens is 486 g/mol. The summed E-state index contributed by atoms with van der Waals surface area (Å²) in [6.45, 7) is 34.6. The van der Waals surface area contributed by atoms with Gasteiger partial charge >= 0.3 is 0 Å². The summed E-state index contributed by atoms with van der Waals surface area (Å²) in [5.41, 5.74) is 5.58. The van der Waals surface area contributed by atoms with Crippen LogP contribution in [-0.2, 0) is 0 Å². The SMILES string of the molecule is CC(C)(C)C1=CC(C(P)(C2CCCNC2)C2CCCNC2)=C(CP(C(C)(C)C)C(C)(C)C)C1C(C)(C)C. The molecule has 0 aromatic carbocycles. The first-order chi connectivity index (χ1) is 16.8. The van der Waals surface area contributed by atoms with Gasteiger partial charge in [0.15, 0.2) is 0 Å². The van der Waals surface area contributed by atoms with Crippen molar-refractivity contribution in [3.8, 4) is 0 Å². The molecule has 214 valence electrons. The van der Waals surface area contributed by atoms with Crippen LogP contribution in [-0.4, -0.2) is 47.8 Å². The van der Waals surface area contributed by atoms with Crippen molar-refractivity contribution < 1.29 is 0 Å². The highest BCUT2D eigenvalue weighted by molar-refractivity contribution is 7.61. The zero-order valence-corrected chi connectivity index (χ0v) is 28.7. The molecule has 3 aliphatic rings. The van der Waals surface area contributed by atoms with E-state index < -0.39 is 0 Å². The second kappa shape index (κ2) is 11.3. The third-order valence-electron chi connectivity index (χ3n) is 9.40. The van der Waals surface area contributed by atoms with E-state index in [1.807, 2.05) is 0 Å². The zero-order valence-electron chi connectivity index (χ0n) is 26.7. The minimum absolute atomic E-state index is 0.128. The Labute approximate surface area is 235 Å². The fraction of sp³-hybridized carbons (Fsp3) is 0.879. The molecule has 2 heterocycles. The molecule has 2 saturated heterocycles. The highest BCUT2D eigenvalue weighted by atomic mass is 31.1. The summed E-state index contributed by atoms with van der Waals surface area (Å²) in [7, 11) is 3.36. The molecule has 0 saturated carbocycles. The highest BCUT2D eigenvalue weighted by Gasteiger charge is 2.51. The summed E-state index contributed by atoms with van der Waals surface area (Å²) in [6.07, 6.45) is 9.33. The van der Waals surface area contributed by atoms with Gasteiger partial charge in [-0.3, -0.25) is 0 Å². The van der Waals surface area contributed by atoms with E-state index in [-0.39, 0.29) is 23.9 Å². The smallest absolute Gasteiger partial charge is 0.0178 e. The summed E-state index contributed by atoms with van der Waals surface area (Å²) in [5.74, 6) is 1.87. The first-order valence-electron chi connectivity index (χ1n) is 15.2. The monoisotopic (exact) mass is 548 g/mol. The van der Waals surface area contributed by atoms with Gasteiger partial charge in [0.1, 0.15) is 0 Å². The lowest BCUT2D eigenvalue weighted by Crippen LogP contribution is -2.52. The Bertz CT molecular complexity index is 813. The molecule has 0 spiro atoms. The lowest BCUT2D eigenvalue weighted by atomic mass is 9.66. The van der Waals surface area contributed by atoms with Crippen LogP contribution in [0.4, 0.5) is 0 Å². The molecule has 0 bridgehead atoms. The van der Waals surface area contributed by atoms with E-state index in [4.69, 9.17) is 0 Å². The predicted octanol–water partition coefficient (Wildman–Crippen LogP) is 8.62. The molecule has 2 aliphatic heterocycles. The molecule has 2 fully saturated rings. The van der Waals surface area contributed by atoms with Crippen molar-refractivity contribution in [2.24, 2.45) is 28.6 Å². The standard InChI is InChI=1S/C33H62N2P2/c1-29(2,3)27-19-26(33(36,23-15-13-17-34-20-23)24-16-14-18-35-21-24)25(28(27)30(4,5)6)22-37(31(7,8)9)32(10,11)12/h19,23-24,28,34-35H,13-18,20-22,36H2,1-12H3. The number of allylic oxidation sites excluding steroid dienone is 4. The maximum atomic E-state index is 3.82. The van der Waals surface area contributed by atoms with Crippen LogP contribution in [0.5, 0.6) is 0 Å². The number of rotatable bonds is 5. The van der Waals surface area contributed by atoms with Crippen LogP contribution in [0.3, 0.4) is 0 Å². The molecule has 2 N–H and O–H groups in total. The van der Waals surface area contributed by atoms with E-state index >= 15 is 0 Å². The lowest BCUT2D eigenvalue weighted by Gasteiger charge is -2.50. The van der Waals surface area contributed by atoms with Crippen LogP contribution < -0.4 is 10.6 Å². The van der Waals surface area contributed by atoms with Gasteiger partial charge in [0, 0.05) is 11.1 Å². The van der Waals surface area contributed by atoms with Gasteiger partial charge in [0.25, 0.3) is 0 Å². The van der Waals surface area contributed by atoms with Crippen LogP contribution in [0.2, 0.25) is 0 Å². The second-order valence-corrected chi connectivity index (χ2v) is 21.3. The average molecular weight is 549 g/mol. The number of piperidine rings is 2. The maximum absolute atomic E-state index is 3.82. The Hall–Kier alpha value is 0.260. The molecule has 0 aromatic rings. The second-order valence-electron chi connectivity index (χ2n) is 16.5. The van der Waals surface area contributed by atoms with E-state index in [1.54, 1.807) is 16.7 Å². The Kier molecular flexibility index (Phi) is 9.68. The van der Waals surface area contributed by atoms with E-state index in [0.717, 1.165) is 13.1 Å². The van der Waals surface area contributed by atoms with Crippen LogP contribution in [0.25, 0.3) is 0 Å². The summed E-state index contributed by atoms with van der Waals surface area (Å²) in [5, 5.41) is 8.40. The Morgan fingerprint density at radius 2 is 1.24 bits per heavy atom. The Morgan fingerprint density at radius 1 is 0.784 bits per heavy atom. The van der Waals surface area contributed by atoms with Gasteiger partial charge in [0.2, 0.25) is 0 Å². The van der Waals surface area contributed by atoms with Gasteiger partial charge in [-0.25, -0.2) is 0 Å². The molecule has 2 nitrogen and oxygen atoms in total. The number of nitrogens with one attached hydrogen (secondary N) is 2. The van der Waals surface area contributed by atoms with Crippen molar-refractivity contribution in [2.75, 3.05) is 32.3 Å². The number of hydrogen-bond acceptors (Lipinski definition) is 2. The lowest BCUT2D eigenvalue weighted by molar-refractivity contribution is 0.219. The van der Waals surface area contributed by atoms with Gasteiger partial charge in [-0.05, 0) is 96.6 Å². The van der Waals surface area contributed by atoms with Crippen LogP contribution in [0, 0.1) is 28.6 Å². The summed E-state index contributed by atoms with van der Waals surface area (Å²) < 4.78 is 0. The normalized spacial score (nSPS) is 28.5. The topological polar surface area (TPSA) is 24.1 Å². The Balaban J connectivity index is 2.31. The molecule has 1 aliphatic carbocycles. The van der Waals surface area contributed by atoms with Crippen LogP contribution >= 0.6 is 17.2 Å². The first-order valence-corrected chi connectivity index (χ1v) is 17.3. The van der Waals surface area contributed by atoms with Crippen molar-refractivity contribution in [1.82, 2.24) is 10.6 Å². The van der Waals surface area contributed by atoms with Crippen LogP contribution in [0.15, 0.2) is 22.8 Å². The highest BCUT2D eigenvalue weighted by Crippen LogP contribution is 2.65. The number of hydrogen-bond donors (Lipinski definition) is 2. The zero-order chi connectivity index (χ0) is 28.0. The summed E-state index contributed by atoms with van der Waals surface area (Å²) in [6, 6.07) is 0. The molecule has 4 heteroatoms. The van der Waals surface area contributed by atoms with Gasteiger partial charge < -0.3 is 10.6 Å². The van der Waals surface area contributed by atoms with Crippen molar-refractivity contribution in [1.29, 1.82) is 0 Å². The molecular formula is C33H62N2P2. The van der Waals surface area contributed by atoms with Gasteiger partial charge in [0.05, 0.1) is 0 Å². The van der Waals surface area contributed by atoms with Gasteiger partial charge in [-0.1, -0.05) is 108 Å². The van der Waals surface area contributed by atoms with Crippen molar-refractivity contribution >= 4 is 17.2 Å². The van der Waals surface area contributed by atoms with Crippen molar-refractivity contribution in [2.45, 2.75) is 124 Å². The Morgan fingerprint density at radius 3 is 1.57 bits per heavy atom. The summed E-state index contributed by atoms with van der Waals surface area (Å²) >= 11 is 0. The molecule has 4 atom stereocenters. The summed E-state index contributed by atoms with van der Waals surface area (Å²) in [4.78, 5) is 0. The third kappa shape index (κ3) is 6.95. The first kappa shape index (κ1) is 31.8. The van der Waals surface area contributed by atoms with E-state index in [2.05, 4.69) is 109 Å². The quantitative estimate of drug-likeness (QED) is 0.336. The van der Waals surface area contributed by atoms with E-state index in [0.29, 0.717) is 28.1 Å². The minimum atomic E-state index is -0.223. The molecule has 0 aromatic heterocycles. The molecule has 37 heavy (non-hydrogen) atoms. The maximum Gasteiger partial charge on any atom is 0.0178 e.